The van der Waals surface area contributed by atoms with Crippen LogP contribution in [0.15, 0.2) is 48.5 Å². The van der Waals surface area contributed by atoms with Crippen molar-refractivity contribution in [3.63, 3.8) is 0 Å². The van der Waals surface area contributed by atoms with Gasteiger partial charge in [0, 0.05) is 26.2 Å². The molecule has 0 N–H and O–H groups in total. The second kappa shape index (κ2) is 7.76. The van der Waals surface area contributed by atoms with E-state index in [0.29, 0.717) is 26.2 Å². The van der Waals surface area contributed by atoms with Crippen molar-refractivity contribution in [1.82, 2.24) is 14.8 Å². The van der Waals surface area contributed by atoms with E-state index in [1.165, 1.54) is 23.1 Å². The Hall–Kier alpha value is -2.45. The monoisotopic (exact) mass is 419 g/mol. The predicted octanol–water partition coefficient (Wildman–Crippen LogP) is 4.83. The zero-order chi connectivity index (χ0) is 20.6. The zero-order valence-corrected chi connectivity index (χ0v) is 16.6. The fourth-order valence-corrected chi connectivity index (χ4v) is 4.68. The minimum Gasteiger partial charge on any atom is -0.336 e. The Kier molecular flexibility index (Phi) is 5.31. The number of amides is 1. The second-order valence-electron chi connectivity index (χ2n) is 7.07. The maximum absolute atomic E-state index is 13.2. The molecule has 0 radical (unpaired) electrons. The van der Waals surface area contributed by atoms with Crippen LogP contribution in [0.25, 0.3) is 10.2 Å². The lowest BCUT2D eigenvalue weighted by Gasteiger charge is -2.37. The van der Waals surface area contributed by atoms with Crippen LogP contribution in [-0.4, -0.2) is 46.9 Å². The quantitative estimate of drug-likeness (QED) is 0.610. The van der Waals surface area contributed by atoms with Gasteiger partial charge in [-0.15, -0.1) is 11.3 Å². The van der Waals surface area contributed by atoms with E-state index in [1.807, 2.05) is 24.3 Å². The molecule has 4 rings (SSSR count). The van der Waals surface area contributed by atoms with E-state index in [1.54, 1.807) is 11.3 Å². The summed E-state index contributed by atoms with van der Waals surface area (Å²) in [5, 5.41) is 1.01. The van der Waals surface area contributed by atoms with E-state index in [-0.39, 0.29) is 11.6 Å². The van der Waals surface area contributed by atoms with Crippen LogP contribution in [0.1, 0.15) is 33.9 Å². The van der Waals surface area contributed by atoms with Crippen molar-refractivity contribution in [2.24, 2.45) is 0 Å². The summed E-state index contributed by atoms with van der Waals surface area (Å²) in [6.45, 7) is 4.04. The van der Waals surface area contributed by atoms with Gasteiger partial charge in [-0.25, -0.2) is 4.98 Å². The number of halogens is 3. The molecule has 1 aliphatic rings. The largest absolute Gasteiger partial charge is 0.417 e. The summed E-state index contributed by atoms with van der Waals surface area (Å²) in [4.78, 5) is 21.2. The molecule has 1 unspecified atom stereocenters. The summed E-state index contributed by atoms with van der Waals surface area (Å²) in [7, 11) is 0. The average Bonchev–Trinajstić information content (AvgIpc) is 3.16. The summed E-state index contributed by atoms with van der Waals surface area (Å²) in [5.41, 5.74) is -0.195. The summed E-state index contributed by atoms with van der Waals surface area (Å²) in [6.07, 6.45) is -4.55. The summed E-state index contributed by atoms with van der Waals surface area (Å²) in [6, 6.07) is 13.0. The molecule has 152 valence electrons. The lowest BCUT2D eigenvalue weighted by Crippen LogP contribution is -2.49. The Morgan fingerprint density at radius 2 is 1.69 bits per heavy atom. The van der Waals surface area contributed by atoms with E-state index in [9.17, 15) is 18.0 Å². The maximum atomic E-state index is 13.2. The minimum atomic E-state index is -4.55. The number of hydrogen-bond acceptors (Lipinski definition) is 4. The van der Waals surface area contributed by atoms with Gasteiger partial charge in [-0.1, -0.05) is 24.3 Å². The number of carbonyl (C=O) groups is 1. The first-order chi connectivity index (χ1) is 13.8. The molecule has 2 heterocycles. The molecule has 1 amide bonds. The first-order valence-electron chi connectivity index (χ1n) is 9.39. The van der Waals surface area contributed by atoms with E-state index in [0.717, 1.165) is 21.3 Å². The molecular formula is C21H20F3N3OS. The molecule has 0 bridgehead atoms. The van der Waals surface area contributed by atoms with Gasteiger partial charge in [0.25, 0.3) is 5.91 Å². The van der Waals surface area contributed by atoms with Crippen molar-refractivity contribution in [3.05, 3.63) is 64.7 Å². The minimum absolute atomic E-state index is 0.0899. The number of piperazine rings is 1. The first-order valence-corrected chi connectivity index (χ1v) is 10.2. The number of benzene rings is 2. The average molecular weight is 419 g/mol. The normalized spacial score (nSPS) is 16.9. The molecule has 1 fully saturated rings. The topological polar surface area (TPSA) is 36.4 Å². The van der Waals surface area contributed by atoms with Gasteiger partial charge in [-0.2, -0.15) is 13.2 Å². The molecule has 4 nitrogen and oxygen atoms in total. The number of fused-ring (bicyclic) bond motifs is 1. The zero-order valence-electron chi connectivity index (χ0n) is 15.8. The van der Waals surface area contributed by atoms with Crippen LogP contribution in [-0.2, 0) is 6.18 Å². The molecule has 0 saturated carbocycles. The lowest BCUT2D eigenvalue weighted by molar-refractivity contribution is -0.138. The number of carbonyl (C=O) groups excluding carboxylic acids is 1. The van der Waals surface area contributed by atoms with Crippen molar-refractivity contribution in [3.8, 4) is 0 Å². The van der Waals surface area contributed by atoms with Gasteiger partial charge in [0.2, 0.25) is 0 Å². The third-order valence-corrected chi connectivity index (χ3v) is 6.49. The van der Waals surface area contributed by atoms with Gasteiger partial charge >= 0.3 is 6.18 Å². The summed E-state index contributed by atoms with van der Waals surface area (Å²) < 4.78 is 40.8. The lowest BCUT2D eigenvalue weighted by atomic mass is 10.1. The van der Waals surface area contributed by atoms with E-state index < -0.39 is 17.6 Å². The van der Waals surface area contributed by atoms with Crippen LogP contribution in [0.3, 0.4) is 0 Å². The van der Waals surface area contributed by atoms with Gasteiger partial charge < -0.3 is 4.90 Å². The number of aromatic nitrogens is 1. The van der Waals surface area contributed by atoms with Crippen LogP contribution in [0.2, 0.25) is 0 Å². The number of alkyl halides is 3. The van der Waals surface area contributed by atoms with E-state index in [4.69, 9.17) is 4.98 Å². The maximum Gasteiger partial charge on any atom is 0.417 e. The molecule has 0 aliphatic carbocycles. The Morgan fingerprint density at radius 3 is 2.38 bits per heavy atom. The highest BCUT2D eigenvalue weighted by Gasteiger charge is 2.36. The van der Waals surface area contributed by atoms with Crippen molar-refractivity contribution in [1.29, 1.82) is 0 Å². The number of nitrogens with zero attached hydrogens (tertiary/aromatic N) is 3. The van der Waals surface area contributed by atoms with Crippen LogP contribution in [0.4, 0.5) is 13.2 Å². The van der Waals surface area contributed by atoms with Crippen molar-refractivity contribution in [2.75, 3.05) is 26.2 Å². The predicted molar refractivity (Wildman–Crippen MR) is 107 cm³/mol. The highest BCUT2D eigenvalue weighted by Crippen LogP contribution is 2.33. The third-order valence-electron chi connectivity index (χ3n) is 5.28. The van der Waals surface area contributed by atoms with Gasteiger partial charge in [0.15, 0.2) is 0 Å². The SMILES string of the molecule is CC(c1nc2ccccc2s1)N1CCN(C(=O)c2ccccc2C(F)(F)F)CC1. The molecule has 0 spiro atoms. The van der Waals surface area contributed by atoms with Crippen LogP contribution >= 0.6 is 11.3 Å². The number of para-hydroxylation sites is 1. The fourth-order valence-electron chi connectivity index (χ4n) is 3.62. The molecule has 3 aromatic rings. The Labute approximate surface area is 170 Å². The molecule has 1 saturated heterocycles. The number of hydrogen-bond donors (Lipinski definition) is 0. The molecule has 29 heavy (non-hydrogen) atoms. The van der Waals surface area contributed by atoms with Crippen molar-refractivity contribution in [2.45, 2.75) is 19.1 Å². The smallest absolute Gasteiger partial charge is 0.336 e. The van der Waals surface area contributed by atoms with Gasteiger partial charge in [-0.05, 0) is 31.2 Å². The molecule has 1 aliphatic heterocycles. The second-order valence-corrected chi connectivity index (χ2v) is 8.13. The fraction of sp³-hybridized carbons (Fsp3) is 0.333. The molecular weight excluding hydrogens is 399 g/mol. The third kappa shape index (κ3) is 4.00. The Morgan fingerprint density at radius 1 is 1.03 bits per heavy atom. The van der Waals surface area contributed by atoms with Crippen LogP contribution < -0.4 is 0 Å². The molecule has 1 aromatic heterocycles. The number of thiazole rings is 1. The molecule has 2 aromatic carbocycles. The standard InChI is InChI=1S/C21H20F3N3OS/c1-14(19-25-17-8-4-5-9-18(17)29-19)26-10-12-27(13-11-26)20(28)15-6-2-3-7-16(15)21(22,23)24/h2-9,14H,10-13H2,1H3. The Bertz CT molecular complexity index is 992. The summed E-state index contributed by atoms with van der Waals surface area (Å²) in [5.74, 6) is -0.565. The van der Waals surface area contributed by atoms with Crippen molar-refractivity contribution < 1.29 is 18.0 Å². The van der Waals surface area contributed by atoms with Gasteiger partial charge in [0.1, 0.15) is 5.01 Å². The first kappa shape index (κ1) is 19.8. The van der Waals surface area contributed by atoms with Gasteiger partial charge in [0.05, 0.1) is 27.4 Å². The van der Waals surface area contributed by atoms with Crippen LogP contribution in [0, 0.1) is 0 Å². The highest BCUT2D eigenvalue weighted by molar-refractivity contribution is 7.18. The van der Waals surface area contributed by atoms with E-state index in [2.05, 4.69) is 11.8 Å². The van der Waals surface area contributed by atoms with Crippen molar-refractivity contribution >= 4 is 27.5 Å². The summed E-state index contributed by atoms with van der Waals surface area (Å²) >= 11 is 1.65. The van der Waals surface area contributed by atoms with E-state index >= 15 is 0 Å². The Balaban J connectivity index is 1.45. The molecule has 1 atom stereocenters. The molecule has 8 heteroatoms. The van der Waals surface area contributed by atoms with Crippen LogP contribution in [0.5, 0.6) is 0 Å². The van der Waals surface area contributed by atoms with Gasteiger partial charge in [-0.3, -0.25) is 9.69 Å². The highest BCUT2D eigenvalue weighted by atomic mass is 32.1. The number of rotatable bonds is 3.